The predicted molar refractivity (Wildman–Crippen MR) is 107 cm³/mol. The van der Waals surface area contributed by atoms with E-state index in [4.69, 9.17) is 4.74 Å². The minimum absolute atomic E-state index is 0.0496. The molecule has 1 fully saturated rings. The Morgan fingerprint density at radius 3 is 3.00 bits per heavy atom. The van der Waals surface area contributed by atoms with E-state index in [0.29, 0.717) is 18.8 Å². The van der Waals surface area contributed by atoms with Crippen LogP contribution in [0.2, 0.25) is 0 Å². The third kappa shape index (κ3) is 3.42. The van der Waals surface area contributed by atoms with Crippen molar-refractivity contribution in [3.8, 4) is 0 Å². The fourth-order valence-electron chi connectivity index (χ4n) is 4.10. The Hall–Kier alpha value is -2.67. The van der Waals surface area contributed by atoms with Crippen molar-refractivity contribution in [1.82, 2.24) is 23.8 Å². The van der Waals surface area contributed by atoms with Gasteiger partial charge in [-0.05, 0) is 44.4 Å². The summed E-state index contributed by atoms with van der Waals surface area (Å²) in [7, 11) is 1.71. The van der Waals surface area contributed by atoms with E-state index in [9.17, 15) is 4.79 Å². The quantitative estimate of drug-likeness (QED) is 0.682. The first-order valence-corrected chi connectivity index (χ1v) is 9.83. The number of ether oxygens (including phenoxy) is 1. The molecule has 4 rings (SSSR count). The van der Waals surface area contributed by atoms with Crippen molar-refractivity contribution in [1.29, 1.82) is 0 Å². The highest BCUT2D eigenvalue weighted by molar-refractivity contribution is 5.94. The number of pyridine rings is 1. The molecule has 0 aliphatic carbocycles. The van der Waals surface area contributed by atoms with Gasteiger partial charge in [0.25, 0.3) is 5.91 Å². The zero-order valence-electron chi connectivity index (χ0n) is 16.8. The number of aryl methyl sites for hydroxylation is 2. The lowest BCUT2D eigenvalue weighted by Gasteiger charge is -2.32. The summed E-state index contributed by atoms with van der Waals surface area (Å²) in [6.45, 7) is 6.83. The molecule has 1 aliphatic heterocycles. The molecule has 1 atom stereocenters. The highest BCUT2D eigenvalue weighted by Gasteiger charge is 2.30. The number of amides is 1. The fourth-order valence-corrected chi connectivity index (χ4v) is 4.10. The van der Waals surface area contributed by atoms with Crippen LogP contribution in [-0.4, -0.2) is 56.5 Å². The largest absolute Gasteiger partial charge is 0.383 e. The van der Waals surface area contributed by atoms with Gasteiger partial charge >= 0.3 is 0 Å². The predicted octanol–water partition coefficient (Wildman–Crippen LogP) is 2.81. The van der Waals surface area contributed by atoms with Gasteiger partial charge in [0.1, 0.15) is 17.2 Å². The molecule has 28 heavy (non-hydrogen) atoms. The fraction of sp³-hybridized carbons (Fsp3) is 0.476. The van der Waals surface area contributed by atoms with E-state index in [1.807, 2.05) is 53.9 Å². The smallest absolute Gasteiger partial charge is 0.272 e. The van der Waals surface area contributed by atoms with Crippen molar-refractivity contribution in [3.63, 3.8) is 0 Å². The third-order valence-electron chi connectivity index (χ3n) is 5.52. The number of nitrogens with zero attached hydrogens (tertiary/aromatic N) is 5. The van der Waals surface area contributed by atoms with Crippen LogP contribution in [0.1, 0.15) is 46.3 Å². The summed E-state index contributed by atoms with van der Waals surface area (Å²) >= 11 is 0. The third-order valence-corrected chi connectivity index (χ3v) is 5.52. The van der Waals surface area contributed by atoms with Gasteiger partial charge in [0.15, 0.2) is 0 Å². The number of imidazole rings is 2. The molecule has 0 saturated carbocycles. The van der Waals surface area contributed by atoms with Crippen molar-refractivity contribution >= 4 is 11.6 Å². The minimum Gasteiger partial charge on any atom is -0.383 e. The molecule has 7 heteroatoms. The van der Waals surface area contributed by atoms with Crippen LogP contribution in [0.25, 0.3) is 5.65 Å². The summed E-state index contributed by atoms with van der Waals surface area (Å²) in [5.74, 6) is 1.33. The maximum atomic E-state index is 13.4. The second kappa shape index (κ2) is 7.75. The van der Waals surface area contributed by atoms with E-state index in [1.165, 1.54) is 0 Å². The summed E-state index contributed by atoms with van der Waals surface area (Å²) in [6.07, 6.45) is 7.78. The molecule has 1 unspecified atom stereocenters. The Morgan fingerprint density at radius 1 is 1.32 bits per heavy atom. The van der Waals surface area contributed by atoms with E-state index in [2.05, 4.69) is 14.5 Å². The zero-order valence-corrected chi connectivity index (χ0v) is 16.8. The topological polar surface area (TPSA) is 64.7 Å². The van der Waals surface area contributed by atoms with Crippen LogP contribution in [0.15, 0.2) is 30.7 Å². The summed E-state index contributed by atoms with van der Waals surface area (Å²) in [4.78, 5) is 24.5. The summed E-state index contributed by atoms with van der Waals surface area (Å²) in [5, 5.41) is 0. The van der Waals surface area contributed by atoms with Crippen molar-refractivity contribution in [3.05, 3.63) is 53.5 Å². The molecule has 0 N–H and O–H groups in total. The molecule has 7 nitrogen and oxygen atoms in total. The van der Waals surface area contributed by atoms with Gasteiger partial charge in [-0.3, -0.25) is 9.20 Å². The first-order chi connectivity index (χ1) is 13.6. The van der Waals surface area contributed by atoms with E-state index in [-0.39, 0.29) is 11.8 Å². The highest BCUT2D eigenvalue weighted by atomic mass is 16.5. The van der Waals surface area contributed by atoms with Gasteiger partial charge in [-0.25, -0.2) is 9.97 Å². The molecule has 148 valence electrons. The number of carbonyl (C=O) groups excluding carboxylic acids is 1. The average molecular weight is 381 g/mol. The number of likely N-dealkylation sites (tertiary alicyclic amines) is 1. The maximum Gasteiger partial charge on any atom is 0.272 e. The van der Waals surface area contributed by atoms with Crippen LogP contribution in [0.4, 0.5) is 0 Å². The first-order valence-electron chi connectivity index (χ1n) is 9.83. The molecule has 0 spiro atoms. The molecule has 4 heterocycles. The summed E-state index contributed by atoms with van der Waals surface area (Å²) < 4.78 is 9.26. The number of fused-ring (bicyclic) bond motifs is 1. The molecule has 0 bridgehead atoms. The molecule has 1 aliphatic rings. The number of aromatic nitrogens is 4. The summed E-state index contributed by atoms with van der Waals surface area (Å²) in [5.41, 5.74) is 3.40. The van der Waals surface area contributed by atoms with Crippen molar-refractivity contribution in [2.75, 3.05) is 26.8 Å². The van der Waals surface area contributed by atoms with Gasteiger partial charge in [0, 0.05) is 51.3 Å². The molecule has 3 aromatic rings. The lowest BCUT2D eigenvalue weighted by Crippen LogP contribution is -2.40. The van der Waals surface area contributed by atoms with Crippen LogP contribution in [-0.2, 0) is 11.3 Å². The SMILES string of the molecule is COCCn1ccnc1C1CCCN(C(=O)c2c(C)nc3cc(C)ccn23)C1. The Kier molecular flexibility index (Phi) is 5.17. The van der Waals surface area contributed by atoms with Gasteiger partial charge in [0.05, 0.1) is 12.3 Å². The van der Waals surface area contributed by atoms with E-state index in [0.717, 1.165) is 48.7 Å². The highest BCUT2D eigenvalue weighted by Crippen LogP contribution is 2.27. The maximum absolute atomic E-state index is 13.4. The molecule has 0 radical (unpaired) electrons. The van der Waals surface area contributed by atoms with Crippen LogP contribution < -0.4 is 0 Å². The lowest BCUT2D eigenvalue weighted by molar-refractivity contribution is 0.0694. The van der Waals surface area contributed by atoms with Crippen LogP contribution >= 0.6 is 0 Å². The first kappa shape index (κ1) is 18.7. The number of piperidine rings is 1. The molecular weight excluding hydrogens is 354 g/mol. The second-order valence-electron chi connectivity index (χ2n) is 7.54. The minimum atomic E-state index is 0.0496. The van der Waals surface area contributed by atoms with Gasteiger partial charge in [-0.15, -0.1) is 0 Å². The number of hydrogen-bond donors (Lipinski definition) is 0. The Balaban J connectivity index is 1.58. The molecule has 1 amide bonds. The number of carbonyl (C=O) groups is 1. The van der Waals surface area contributed by atoms with Gasteiger partial charge < -0.3 is 14.2 Å². The Morgan fingerprint density at radius 2 is 2.18 bits per heavy atom. The lowest BCUT2D eigenvalue weighted by atomic mass is 9.96. The van der Waals surface area contributed by atoms with E-state index >= 15 is 0 Å². The standard InChI is InChI=1S/C21H27N5O2/c1-15-6-9-26-18(13-15)23-16(2)19(26)21(27)25-8-4-5-17(14-25)20-22-7-10-24(20)11-12-28-3/h6-7,9-10,13,17H,4-5,8,11-12,14H2,1-3H3. The number of methoxy groups -OCH3 is 1. The van der Waals surface area contributed by atoms with E-state index in [1.54, 1.807) is 7.11 Å². The number of hydrogen-bond acceptors (Lipinski definition) is 4. The molecule has 1 saturated heterocycles. The zero-order chi connectivity index (χ0) is 19.7. The van der Waals surface area contributed by atoms with Crippen molar-refractivity contribution in [2.24, 2.45) is 0 Å². The monoisotopic (exact) mass is 381 g/mol. The average Bonchev–Trinajstić information content (AvgIpc) is 3.29. The van der Waals surface area contributed by atoms with Crippen LogP contribution in [0, 0.1) is 13.8 Å². The van der Waals surface area contributed by atoms with E-state index < -0.39 is 0 Å². The molecular formula is C21H27N5O2. The van der Waals surface area contributed by atoms with Gasteiger partial charge in [-0.1, -0.05) is 0 Å². The normalized spacial score (nSPS) is 17.4. The van der Waals surface area contributed by atoms with Crippen molar-refractivity contribution < 1.29 is 9.53 Å². The van der Waals surface area contributed by atoms with Crippen LogP contribution in [0.3, 0.4) is 0 Å². The Bertz CT molecular complexity index is 990. The number of rotatable bonds is 5. The second-order valence-corrected chi connectivity index (χ2v) is 7.54. The van der Waals surface area contributed by atoms with Gasteiger partial charge in [-0.2, -0.15) is 0 Å². The molecule has 0 aromatic carbocycles. The molecule has 3 aromatic heterocycles. The Labute approximate surface area is 165 Å². The summed E-state index contributed by atoms with van der Waals surface area (Å²) in [6, 6.07) is 4.02. The van der Waals surface area contributed by atoms with Gasteiger partial charge in [0.2, 0.25) is 0 Å². The van der Waals surface area contributed by atoms with Crippen molar-refractivity contribution in [2.45, 2.75) is 39.2 Å². The van der Waals surface area contributed by atoms with Crippen LogP contribution in [0.5, 0.6) is 0 Å².